The highest BCUT2D eigenvalue weighted by atomic mass is 32.1. The first kappa shape index (κ1) is 16.2. The maximum absolute atomic E-state index is 12.5. The second kappa shape index (κ2) is 5.66. The molecule has 1 aromatic carbocycles. The number of carbonyl (C=O) groups is 1. The molecule has 0 saturated carbocycles. The van der Waals surface area contributed by atoms with Crippen LogP contribution in [0.5, 0.6) is 0 Å². The van der Waals surface area contributed by atoms with E-state index in [1.54, 1.807) is 13.8 Å². The second-order valence-corrected chi connectivity index (χ2v) is 5.09. The van der Waals surface area contributed by atoms with Crippen LogP contribution in [-0.2, 0) is 6.18 Å². The van der Waals surface area contributed by atoms with Crippen LogP contribution >= 0.6 is 12.2 Å². The van der Waals surface area contributed by atoms with Crippen molar-refractivity contribution in [2.24, 2.45) is 5.73 Å². The van der Waals surface area contributed by atoms with E-state index in [0.29, 0.717) is 0 Å². The second-order valence-electron chi connectivity index (χ2n) is 4.65. The van der Waals surface area contributed by atoms with Crippen molar-refractivity contribution >= 4 is 28.9 Å². The number of nitrogens with two attached hydrogens (primary N) is 1. The lowest BCUT2D eigenvalue weighted by molar-refractivity contribution is -0.137. The first-order valence-electron chi connectivity index (χ1n) is 5.59. The van der Waals surface area contributed by atoms with Gasteiger partial charge in [0.05, 0.1) is 16.1 Å². The Balaban J connectivity index is 2.80. The highest BCUT2D eigenvalue weighted by Crippen LogP contribution is 2.30. The third kappa shape index (κ3) is 4.37. The smallest absolute Gasteiger partial charge is 0.391 e. The number of thiocarbonyl (C=S) groups is 1. The normalized spacial score (nSPS) is 11.8. The summed E-state index contributed by atoms with van der Waals surface area (Å²) >= 11 is 4.77. The molecule has 0 bridgehead atoms. The first-order chi connectivity index (χ1) is 9.02. The van der Waals surface area contributed by atoms with E-state index in [0.717, 1.165) is 12.1 Å². The largest absolute Gasteiger partial charge is 0.416 e. The topological polar surface area (TPSA) is 67.2 Å². The molecular weight excluding hydrogens is 291 g/mol. The molecule has 0 radical (unpaired) electrons. The highest BCUT2D eigenvalue weighted by molar-refractivity contribution is 7.80. The lowest BCUT2D eigenvalue weighted by Crippen LogP contribution is -2.53. The van der Waals surface area contributed by atoms with E-state index in [2.05, 4.69) is 10.6 Å². The van der Waals surface area contributed by atoms with Gasteiger partial charge in [-0.05, 0) is 32.0 Å². The average molecular weight is 305 g/mol. The summed E-state index contributed by atoms with van der Waals surface area (Å²) in [4.78, 5) is 11.7. The monoisotopic (exact) mass is 305 g/mol. The van der Waals surface area contributed by atoms with E-state index in [1.807, 2.05) is 0 Å². The van der Waals surface area contributed by atoms with Crippen molar-refractivity contribution in [3.63, 3.8) is 0 Å². The van der Waals surface area contributed by atoms with Crippen LogP contribution in [0.4, 0.5) is 23.7 Å². The number of alkyl halides is 3. The Morgan fingerprint density at radius 3 is 2.40 bits per heavy atom. The van der Waals surface area contributed by atoms with E-state index >= 15 is 0 Å². The van der Waals surface area contributed by atoms with Crippen LogP contribution in [0.2, 0.25) is 0 Å². The Morgan fingerprint density at radius 2 is 1.90 bits per heavy atom. The number of benzene rings is 1. The lowest BCUT2D eigenvalue weighted by atomic mass is 10.1. The summed E-state index contributed by atoms with van der Waals surface area (Å²) < 4.78 is 37.6. The molecule has 2 amide bonds. The van der Waals surface area contributed by atoms with Crippen LogP contribution < -0.4 is 16.4 Å². The molecule has 0 spiro atoms. The fourth-order valence-corrected chi connectivity index (χ4v) is 1.33. The zero-order chi connectivity index (χ0) is 15.6. The lowest BCUT2D eigenvalue weighted by Gasteiger charge is -2.24. The van der Waals surface area contributed by atoms with Gasteiger partial charge in [-0.25, -0.2) is 4.79 Å². The van der Waals surface area contributed by atoms with Crippen molar-refractivity contribution in [3.8, 4) is 0 Å². The highest BCUT2D eigenvalue weighted by Gasteiger charge is 2.30. The Kier molecular flexibility index (Phi) is 4.59. The van der Waals surface area contributed by atoms with Crippen molar-refractivity contribution in [2.75, 3.05) is 5.32 Å². The SMILES string of the molecule is CC(C)(NC(=O)Nc1cccc(C(F)(F)F)c1)C(N)=S. The van der Waals surface area contributed by atoms with Crippen LogP contribution in [0, 0.1) is 0 Å². The molecule has 4 N–H and O–H groups in total. The van der Waals surface area contributed by atoms with E-state index in [-0.39, 0.29) is 10.7 Å². The summed E-state index contributed by atoms with van der Waals surface area (Å²) in [6.07, 6.45) is -4.47. The minimum absolute atomic E-state index is 0.0241. The number of hydrogen-bond donors (Lipinski definition) is 3. The number of hydrogen-bond acceptors (Lipinski definition) is 2. The third-order valence-corrected chi connectivity index (χ3v) is 3.00. The van der Waals surface area contributed by atoms with Gasteiger partial charge in [0, 0.05) is 5.69 Å². The molecule has 0 saturated heterocycles. The number of nitrogens with one attached hydrogen (secondary N) is 2. The van der Waals surface area contributed by atoms with Gasteiger partial charge < -0.3 is 16.4 Å². The van der Waals surface area contributed by atoms with Crippen LogP contribution in [0.1, 0.15) is 19.4 Å². The Morgan fingerprint density at radius 1 is 1.30 bits per heavy atom. The molecule has 0 aliphatic carbocycles. The van der Waals surface area contributed by atoms with Gasteiger partial charge in [0.15, 0.2) is 0 Å². The molecule has 20 heavy (non-hydrogen) atoms. The van der Waals surface area contributed by atoms with Gasteiger partial charge in [-0.2, -0.15) is 13.2 Å². The number of halogens is 3. The zero-order valence-corrected chi connectivity index (χ0v) is 11.7. The van der Waals surface area contributed by atoms with Crippen LogP contribution in [0.25, 0.3) is 0 Å². The van der Waals surface area contributed by atoms with E-state index < -0.39 is 23.3 Å². The molecule has 0 fully saturated rings. The summed E-state index contributed by atoms with van der Waals surface area (Å²) in [5, 5.41) is 4.77. The molecule has 8 heteroatoms. The Bertz CT molecular complexity index is 529. The van der Waals surface area contributed by atoms with Gasteiger partial charge in [0.25, 0.3) is 0 Å². The van der Waals surface area contributed by atoms with Crippen molar-refractivity contribution in [2.45, 2.75) is 25.6 Å². The maximum Gasteiger partial charge on any atom is 0.416 e. The number of amides is 2. The van der Waals surface area contributed by atoms with Gasteiger partial charge in [-0.15, -0.1) is 0 Å². The predicted molar refractivity (Wildman–Crippen MR) is 74.5 cm³/mol. The summed E-state index contributed by atoms with van der Waals surface area (Å²) in [6.45, 7) is 3.17. The molecule has 1 rings (SSSR count). The number of anilines is 1. The van der Waals surface area contributed by atoms with Crippen molar-refractivity contribution in [1.29, 1.82) is 0 Å². The molecule has 4 nitrogen and oxygen atoms in total. The summed E-state index contributed by atoms with van der Waals surface area (Å²) in [5.41, 5.74) is 3.67. The van der Waals surface area contributed by atoms with Gasteiger partial charge in [0.1, 0.15) is 0 Å². The molecule has 0 aliphatic heterocycles. The number of carbonyl (C=O) groups excluding carboxylic acids is 1. The number of urea groups is 1. The zero-order valence-electron chi connectivity index (χ0n) is 10.8. The third-order valence-electron chi connectivity index (χ3n) is 2.49. The standard InChI is InChI=1S/C12H14F3N3OS/c1-11(2,9(16)20)18-10(19)17-8-5-3-4-7(6-8)12(13,14)15/h3-6H,1-2H3,(H2,16,20)(H2,17,18,19). The molecule has 110 valence electrons. The van der Waals surface area contributed by atoms with Crippen molar-refractivity contribution in [1.82, 2.24) is 5.32 Å². The van der Waals surface area contributed by atoms with Gasteiger partial charge in [-0.1, -0.05) is 18.3 Å². The predicted octanol–water partition coefficient (Wildman–Crippen LogP) is 2.89. The Labute approximate surface area is 119 Å². The van der Waals surface area contributed by atoms with Crippen LogP contribution in [0.15, 0.2) is 24.3 Å². The maximum atomic E-state index is 12.5. The average Bonchev–Trinajstić information content (AvgIpc) is 2.26. The van der Waals surface area contributed by atoms with E-state index in [9.17, 15) is 18.0 Å². The first-order valence-corrected chi connectivity index (χ1v) is 5.99. The number of rotatable bonds is 3. The fourth-order valence-electron chi connectivity index (χ4n) is 1.28. The van der Waals surface area contributed by atoms with Crippen LogP contribution in [0.3, 0.4) is 0 Å². The minimum atomic E-state index is -4.47. The van der Waals surface area contributed by atoms with Crippen LogP contribution in [-0.4, -0.2) is 16.6 Å². The quantitative estimate of drug-likeness (QED) is 0.752. The van der Waals surface area contributed by atoms with Crippen molar-refractivity contribution < 1.29 is 18.0 Å². The molecule has 0 aliphatic rings. The molecule has 0 atom stereocenters. The molecule has 0 heterocycles. The van der Waals surface area contributed by atoms with Crippen molar-refractivity contribution in [3.05, 3.63) is 29.8 Å². The molecule has 1 aromatic rings. The molecule has 0 unspecified atom stereocenters. The summed E-state index contributed by atoms with van der Waals surface area (Å²) in [6, 6.07) is 3.62. The van der Waals surface area contributed by atoms with Gasteiger partial charge >= 0.3 is 12.2 Å². The summed E-state index contributed by atoms with van der Waals surface area (Å²) in [5.74, 6) is 0. The minimum Gasteiger partial charge on any atom is -0.391 e. The molecule has 0 aromatic heterocycles. The Hall–Kier alpha value is -1.83. The van der Waals surface area contributed by atoms with E-state index in [4.69, 9.17) is 18.0 Å². The van der Waals surface area contributed by atoms with Gasteiger partial charge in [0.2, 0.25) is 0 Å². The van der Waals surface area contributed by atoms with Gasteiger partial charge in [-0.3, -0.25) is 0 Å². The van der Waals surface area contributed by atoms with E-state index in [1.165, 1.54) is 12.1 Å². The molecular formula is C12H14F3N3OS. The summed E-state index contributed by atoms with van der Waals surface area (Å²) in [7, 11) is 0. The fraction of sp³-hybridized carbons (Fsp3) is 0.333.